The Hall–Kier alpha value is -2.48. The molecule has 0 aromatic heterocycles. The Kier molecular flexibility index (Phi) is 8.65. The summed E-state index contributed by atoms with van der Waals surface area (Å²) in [5, 5.41) is 13.3. The number of piperidine rings is 1. The number of hydrogen-bond acceptors (Lipinski definition) is 6. The molecule has 2 saturated heterocycles. The van der Waals surface area contributed by atoms with Gasteiger partial charge in [0.1, 0.15) is 24.2 Å². The average molecular weight is 516 g/mol. The SMILES string of the molecule is COc1cc(N2CCN3[C@@H](CCC[C@@H]3c3ccc(OC[C@@H](O)CNC(C)=O)c(C)c3C)C2)ccc1Cl. The van der Waals surface area contributed by atoms with Crippen LogP contribution in [0.5, 0.6) is 11.5 Å². The minimum absolute atomic E-state index is 0.142. The molecular formula is C28H38ClN3O4. The van der Waals surface area contributed by atoms with Crippen LogP contribution < -0.4 is 19.7 Å². The van der Waals surface area contributed by atoms with Crippen molar-refractivity contribution in [1.82, 2.24) is 10.2 Å². The summed E-state index contributed by atoms with van der Waals surface area (Å²) in [7, 11) is 1.66. The quantitative estimate of drug-likeness (QED) is 0.547. The number of amides is 1. The van der Waals surface area contributed by atoms with Gasteiger partial charge in [-0.1, -0.05) is 17.7 Å². The van der Waals surface area contributed by atoms with Gasteiger partial charge in [0.15, 0.2) is 0 Å². The molecule has 0 unspecified atom stereocenters. The molecule has 2 aromatic rings. The normalized spacial score (nSPS) is 21.0. The fourth-order valence-electron chi connectivity index (χ4n) is 5.50. The number of ether oxygens (including phenoxy) is 2. The van der Waals surface area contributed by atoms with E-state index >= 15 is 0 Å². The van der Waals surface area contributed by atoms with Crippen LogP contribution in [0.2, 0.25) is 5.02 Å². The van der Waals surface area contributed by atoms with Gasteiger partial charge in [-0.25, -0.2) is 0 Å². The number of aliphatic hydroxyl groups is 1. The molecule has 196 valence electrons. The molecule has 0 aliphatic carbocycles. The van der Waals surface area contributed by atoms with Crippen LogP contribution in [0.3, 0.4) is 0 Å². The maximum Gasteiger partial charge on any atom is 0.216 e. The zero-order valence-electron chi connectivity index (χ0n) is 21.7. The van der Waals surface area contributed by atoms with E-state index in [-0.39, 0.29) is 19.1 Å². The summed E-state index contributed by atoms with van der Waals surface area (Å²) in [4.78, 5) is 16.2. The van der Waals surface area contributed by atoms with E-state index in [2.05, 4.69) is 41.1 Å². The summed E-state index contributed by atoms with van der Waals surface area (Å²) in [5.74, 6) is 1.34. The van der Waals surface area contributed by atoms with E-state index in [1.54, 1.807) is 7.11 Å². The molecule has 7 nitrogen and oxygen atoms in total. The van der Waals surface area contributed by atoms with E-state index < -0.39 is 6.10 Å². The van der Waals surface area contributed by atoms with Crippen LogP contribution in [0.1, 0.15) is 48.9 Å². The van der Waals surface area contributed by atoms with Crippen molar-refractivity contribution in [3.05, 3.63) is 52.0 Å². The largest absolute Gasteiger partial charge is 0.495 e. The Balaban J connectivity index is 1.44. The van der Waals surface area contributed by atoms with Gasteiger partial charge in [-0.15, -0.1) is 0 Å². The molecule has 8 heteroatoms. The zero-order chi connectivity index (χ0) is 25.8. The molecular weight excluding hydrogens is 478 g/mol. The van der Waals surface area contributed by atoms with Crippen LogP contribution in [-0.2, 0) is 4.79 Å². The molecule has 4 rings (SSSR count). The van der Waals surface area contributed by atoms with Gasteiger partial charge in [0, 0.05) is 56.9 Å². The standard InChI is InChI=1S/C28H38ClN3O4/c1-18-19(2)27(36-17-23(34)15-30-20(3)33)11-9-24(18)26-7-5-6-22-16-31(12-13-32(22)26)21-8-10-25(29)28(14-21)35-4/h8-11,14,22-23,26,34H,5-7,12-13,15-17H2,1-4H3,(H,30,33)/t22-,23-,26+/m0/s1. The molecule has 2 aromatic carbocycles. The Morgan fingerprint density at radius 3 is 2.72 bits per heavy atom. The first-order chi connectivity index (χ1) is 17.3. The van der Waals surface area contributed by atoms with Gasteiger partial charge in [-0.3, -0.25) is 9.69 Å². The van der Waals surface area contributed by atoms with Crippen LogP contribution in [0.4, 0.5) is 5.69 Å². The predicted octanol–water partition coefficient (Wildman–Crippen LogP) is 4.26. The number of fused-ring (bicyclic) bond motifs is 1. The number of halogens is 1. The first-order valence-corrected chi connectivity index (χ1v) is 13.2. The molecule has 3 atom stereocenters. The van der Waals surface area contributed by atoms with Crippen LogP contribution >= 0.6 is 11.6 Å². The van der Waals surface area contributed by atoms with Gasteiger partial charge in [-0.2, -0.15) is 0 Å². The van der Waals surface area contributed by atoms with E-state index in [1.165, 1.54) is 30.9 Å². The number of hydrogen-bond donors (Lipinski definition) is 2. The second-order valence-electron chi connectivity index (χ2n) is 9.91. The zero-order valence-corrected chi connectivity index (χ0v) is 22.5. The lowest BCUT2D eigenvalue weighted by molar-refractivity contribution is -0.119. The lowest BCUT2D eigenvalue weighted by Gasteiger charge is -2.49. The van der Waals surface area contributed by atoms with Gasteiger partial charge < -0.3 is 24.8 Å². The van der Waals surface area contributed by atoms with Gasteiger partial charge in [0.2, 0.25) is 5.91 Å². The maximum atomic E-state index is 11.1. The highest BCUT2D eigenvalue weighted by Gasteiger charge is 2.36. The topological polar surface area (TPSA) is 74.3 Å². The second kappa shape index (κ2) is 11.7. The molecule has 2 fully saturated rings. The van der Waals surface area contributed by atoms with Crippen molar-refractivity contribution in [3.8, 4) is 11.5 Å². The smallest absolute Gasteiger partial charge is 0.216 e. The third-order valence-electron chi connectivity index (χ3n) is 7.60. The number of rotatable bonds is 8. The second-order valence-corrected chi connectivity index (χ2v) is 10.3. The lowest BCUT2D eigenvalue weighted by atomic mass is 9.86. The van der Waals surface area contributed by atoms with Gasteiger partial charge >= 0.3 is 0 Å². The number of carbonyl (C=O) groups is 1. The number of aliphatic hydroxyl groups excluding tert-OH is 1. The Morgan fingerprint density at radius 2 is 1.97 bits per heavy atom. The summed E-state index contributed by atoms with van der Waals surface area (Å²) in [6.45, 7) is 8.98. The molecule has 0 radical (unpaired) electrons. The minimum Gasteiger partial charge on any atom is -0.495 e. The first kappa shape index (κ1) is 26.6. The van der Waals surface area contributed by atoms with Gasteiger partial charge in [-0.05, 0) is 68.0 Å². The number of anilines is 1. The summed E-state index contributed by atoms with van der Waals surface area (Å²) in [6.07, 6.45) is 2.81. The van der Waals surface area contributed by atoms with Crippen molar-refractivity contribution in [2.75, 3.05) is 44.8 Å². The van der Waals surface area contributed by atoms with Crippen LogP contribution in [0.25, 0.3) is 0 Å². The van der Waals surface area contributed by atoms with Crippen molar-refractivity contribution in [3.63, 3.8) is 0 Å². The number of nitrogens with zero attached hydrogens (tertiary/aromatic N) is 2. The van der Waals surface area contributed by atoms with Crippen molar-refractivity contribution in [2.24, 2.45) is 0 Å². The molecule has 2 heterocycles. The molecule has 0 saturated carbocycles. The van der Waals surface area contributed by atoms with Gasteiger partial charge in [0.25, 0.3) is 0 Å². The molecule has 0 bridgehead atoms. The third-order valence-corrected chi connectivity index (χ3v) is 7.91. The molecule has 2 N–H and O–H groups in total. The highest BCUT2D eigenvalue weighted by molar-refractivity contribution is 6.32. The highest BCUT2D eigenvalue weighted by Crippen LogP contribution is 2.40. The summed E-state index contributed by atoms with van der Waals surface area (Å²) >= 11 is 6.24. The van der Waals surface area contributed by atoms with Crippen molar-refractivity contribution in [2.45, 2.75) is 58.2 Å². The van der Waals surface area contributed by atoms with Crippen molar-refractivity contribution < 1.29 is 19.4 Å². The van der Waals surface area contributed by atoms with E-state index in [4.69, 9.17) is 21.1 Å². The number of nitrogens with one attached hydrogen (secondary N) is 1. The number of piperazine rings is 1. The molecule has 2 aliphatic rings. The maximum absolute atomic E-state index is 11.1. The van der Waals surface area contributed by atoms with E-state index in [9.17, 15) is 9.90 Å². The molecule has 1 amide bonds. The Bertz CT molecular complexity index is 1080. The first-order valence-electron chi connectivity index (χ1n) is 12.8. The minimum atomic E-state index is -0.746. The summed E-state index contributed by atoms with van der Waals surface area (Å²) in [5.41, 5.74) is 4.88. The average Bonchev–Trinajstić information content (AvgIpc) is 2.88. The summed E-state index contributed by atoms with van der Waals surface area (Å²) in [6, 6.07) is 11.2. The fraction of sp³-hybridized carbons (Fsp3) is 0.536. The number of carbonyl (C=O) groups excluding carboxylic acids is 1. The summed E-state index contributed by atoms with van der Waals surface area (Å²) < 4.78 is 11.3. The lowest BCUT2D eigenvalue weighted by Crippen LogP contribution is -2.56. The number of methoxy groups -OCH3 is 1. The molecule has 2 aliphatic heterocycles. The van der Waals surface area contributed by atoms with Crippen LogP contribution in [-0.4, -0.2) is 68.0 Å². The molecule has 36 heavy (non-hydrogen) atoms. The van der Waals surface area contributed by atoms with E-state index in [1.807, 2.05) is 18.2 Å². The number of benzene rings is 2. The Labute approximate surface area is 219 Å². The highest BCUT2D eigenvalue weighted by atomic mass is 35.5. The fourth-order valence-corrected chi connectivity index (χ4v) is 5.70. The van der Waals surface area contributed by atoms with E-state index in [0.717, 1.165) is 43.1 Å². The van der Waals surface area contributed by atoms with Crippen LogP contribution in [0, 0.1) is 13.8 Å². The van der Waals surface area contributed by atoms with Crippen LogP contribution in [0.15, 0.2) is 30.3 Å². The van der Waals surface area contributed by atoms with Crippen molar-refractivity contribution in [1.29, 1.82) is 0 Å². The Morgan fingerprint density at radius 1 is 1.17 bits per heavy atom. The van der Waals surface area contributed by atoms with E-state index in [0.29, 0.717) is 22.9 Å². The predicted molar refractivity (Wildman–Crippen MR) is 143 cm³/mol. The third kappa shape index (κ3) is 5.90. The van der Waals surface area contributed by atoms with Gasteiger partial charge in [0.05, 0.1) is 12.1 Å². The van der Waals surface area contributed by atoms with Crippen molar-refractivity contribution >= 4 is 23.2 Å². The monoisotopic (exact) mass is 515 g/mol. The molecule has 0 spiro atoms.